The molecule has 0 aromatic heterocycles. The Hall–Kier alpha value is -2.66. The minimum Gasteiger partial charge on any atom is -0.393 e. The molecule has 3 amide bonds. The van der Waals surface area contributed by atoms with Gasteiger partial charge in [0.25, 0.3) is 5.91 Å². The lowest BCUT2D eigenvalue weighted by Crippen LogP contribution is -2.59. The fourth-order valence-corrected chi connectivity index (χ4v) is 3.46. The number of carbonyl (C=O) groups is 2. The fourth-order valence-electron chi connectivity index (χ4n) is 3.46. The summed E-state index contributed by atoms with van der Waals surface area (Å²) in [5.41, 5.74) is 2.24. The predicted molar refractivity (Wildman–Crippen MR) is 88.9 cm³/mol. The molecule has 0 unspecified atom stereocenters. The van der Waals surface area contributed by atoms with Crippen LogP contribution in [0.1, 0.15) is 18.4 Å². The third-order valence-corrected chi connectivity index (χ3v) is 4.82. The quantitative estimate of drug-likeness (QED) is 0.852. The molecule has 1 aliphatic heterocycles. The summed E-state index contributed by atoms with van der Waals surface area (Å²) in [5.74, 6) is -0.232. The van der Waals surface area contributed by atoms with Crippen LogP contribution < -0.4 is 5.32 Å². The molecular weight excluding hydrogens is 304 g/mol. The molecule has 1 saturated carbocycles. The van der Waals surface area contributed by atoms with Gasteiger partial charge in [0, 0.05) is 12.8 Å². The Kier molecular flexibility index (Phi) is 3.39. The second-order valence-electron chi connectivity index (χ2n) is 6.53. The van der Waals surface area contributed by atoms with Gasteiger partial charge < -0.3 is 10.4 Å². The van der Waals surface area contributed by atoms with E-state index in [1.807, 2.05) is 54.6 Å². The molecule has 2 aromatic carbocycles. The van der Waals surface area contributed by atoms with Gasteiger partial charge in [-0.25, -0.2) is 4.79 Å². The summed E-state index contributed by atoms with van der Waals surface area (Å²) in [7, 11) is 0. The van der Waals surface area contributed by atoms with Gasteiger partial charge in [0.05, 0.1) is 12.6 Å². The van der Waals surface area contributed by atoms with Crippen molar-refractivity contribution in [2.45, 2.75) is 31.0 Å². The maximum absolute atomic E-state index is 12.5. The van der Waals surface area contributed by atoms with Crippen LogP contribution in [-0.4, -0.2) is 33.6 Å². The maximum Gasteiger partial charge on any atom is 0.325 e. The summed E-state index contributed by atoms with van der Waals surface area (Å²) in [5, 5.41) is 12.2. The first-order valence-electron chi connectivity index (χ1n) is 8.04. The molecule has 2 aliphatic rings. The van der Waals surface area contributed by atoms with Crippen molar-refractivity contribution in [2.75, 3.05) is 0 Å². The Labute approximate surface area is 139 Å². The van der Waals surface area contributed by atoms with E-state index in [2.05, 4.69) is 5.32 Å². The Morgan fingerprint density at radius 1 is 1.00 bits per heavy atom. The second kappa shape index (κ2) is 5.46. The number of nitrogens with one attached hydrogen (secondary N) is 1. The average molecular weight is 322 g/mol. The molecule has 5 heteroatoms. The monoisotopic (exact) mass is 322 g/mol. The number of rotatable bonds is 3. The minimum absolute atomic E-state index is 0.232. The topological polar surface area (TPSA) is 69.6 Å². The standard InChI is InChI=1S/C19H18N2O3/c22-16-10-19(11-16)17(23)21(18(24)20-19)12-13-6-8-15(9-7-13)14-4-2-1-3-5-14/h1-9,16,22H,10-12H2,(H,20,24). The Bertz CT molecular complexity index is 780. The van der Waals surface area contributed by atoms with Gasteiger partial charge in [-0.15, -0.1) is 0 Å². The highest BCUT2D eigenvalue weighted by atomic mass is 16.3. The molecule has 24 heavy (non-hydrogen) atoms. The summed E-state index contributed by atoms with van der Waals surface area (Å²) in [6.45, 7) is 0.248. The highest BCUT2D eigenvalue weighted by molar-refractivity contribution is 6.07. The molecule has 1 saturated heterocycles. The van der Waals surface area contributed by atoms with Crippen molar-refractivity contribution in [3.8, 4) is 11.1 Å². The summed E-state index contributed by atoms with van der Waals surface area (Å²) in [6.07, 6.45) is 0.113. The lowest BCUT2D eigenvalue weighted by Gasteiger charge is -2.39. The number of hydrogen-bond acceptors (Lipinski definition) is 3. The summed E-state index contributed by atoms with van der Waals surface area (Å²) in [4.78, 5) is 25.8. The number of nitrogens with zero attached hydrogens (tertiary/aromatic N) is 1. The molecule has 2 aromatic rings. The number of benzene rings is 2. The molecule has 5 nitrogen and oxygen atoms in total. The van der Waals surface area contributed by atoms with Gasteiger partial charge in [-0.05, 0) is 16.7 Å². The van der Waals surface area contributed by atoms with Crippen LogP contribution in [0.4, 0.5) is 4.79 Å². The van der Waals surface area contributed by atoms with Gasteiger partial charge in [-0.3, -0.25) is 9.69 Å². The van der Waals surface area contributed by atoms with E-state index < -0.39 is 11.6 Å². The van der Waals surface area contributed by atoms with E-state index in [9.17, 15) is 14.7 Å². The summed E-state index contributed by atoms with van der Waals surface area (Å²) in [6, 6.07) is 17.5. The van der Waals surface area contributed by atoms with Gasteiger partial charge in [0.15, 0.2) is 0 Å². The molecule has 1 spiro atoms. The zero-order chi connectivity index (χ0) is 16.7. The van der Waals surface area contributed by atoms with Gasteiger partial charge in [-0.2, -0.15) is 0 Å². The predicted octanol–water partition coefficient (Wildman–Crippen LogP) is 2.30. The van der Waals surface area contributed by atoms with Crippen molar-refractivity contribution >= 4 is 11.9 Å². The minimum atomic E-state index is -0.875. The largest absolute Gasteiger partial charge is 0.393 e. The zero-order valence-corrected chi connectivity index (χ0v) is 13.1. The summed E-state index contributed by atoms with van der Waals surface area (Å²) >= 11 is 0. The molecule has 1 heterocycles. The number of amides is 3. The van der Waals surface area contributed by atoms with E-state index >= 15 is 0 Å². The first kappa shape index (κ1) is 14.9. The van der Waals surface area contributed by atoms with Gasteiger partial charge in [0.1, 0.15) is 5.54 Å². The van der Waals surface area contributed by atoms with Crippen molar-refractivity contribution in [1.29, 1.82) is 0 Å². The van der Waals surface area contributed by atoms with E-state index in [1.165, 1.54) is 4.90 Å². The molecular formula is C19H18N2O3. The van der Waals surface area contributed by atoms with E-state index in [4.69, 9.17) is 0 Å². The third-order valence-electron chi connectivity index (χ3n) is 4.82. The molecule has 0 radical (unpaired) electrons. The van der Waals surface area contributed by atoms with Gasteiger partial charge >= 0.3 is 6.03 Å². The van der Waals surface area contributed by atoms with Crippen LogP contribution in [0, 0.1) is 0 Å². The number of imide groups is 1. The van der Waals surface area contributed by atoms with Crippen LogP contribution in [0.2, 0.25) is 0 Å². The van der Waals surface area contributed by atoms with E-state index in [0.29, 0.717) is 12.8 Å². The Balaban J connectivity index is 1.50. The average Bonchev–Trinajstić information content (AvgIpc) is 2.81. The highest BCUT2D eigenvalue weighted by Gasteiger charge is 2.58. The van der Waals surface area contributed by atoms with E-state index in [1.54, 1.807) is 0 Å². The number of aliphatic hydroxyl groups is 1. The number of hydrogen-bond donors (Lipinski definition) is 2. The number of urea groups is 1. The molecule has 1 aliphatic carbocycles. The highest BCUT2D eigenvalue weighted by Crippen LogP contribution is 2.38. The van der Waals surface area contributed by atoms with Crippen LogP contribution >= 0.6 is 0 Å². The van der Waals surface area contributed by atoms with Crippen LogP contribution in [0.15, 0.2) is 54.6 Å². The first-order chi connectivity index (χ1) is 11.6. The van der Waals surface area contributed by atoms with E-state index in [0.717, 1.165) is 16.7 Å². The third kappa shape index (κ3) is 2.37. The van der Waals surface area contributed by atoms with Crippen molar-refractivity contribution in [3.63, 3.8) is 0 Å². The Morgan fingerprint density at radius 2 is 1.62 bits per heavy atom. The van der Waals surface area contributed by atoms with E-state index in [-0.39, 0.29) is 18.5 Å². The van der Waals surface area contributed by atoms with Crippen LogP contribution in [0.3, 0.4) is 0 Å². The SMILES string of the molecule is O=C1NC2(CC(O)C2)C(=O)N1Cc1ccc(-c2ccccc2)cc1. The first-order valence-corrected chi connectivity index (χ1v) is 8.04. The van der Waals surface area contributed by atoms with Crippen LogP contribution in [-0.2, 0) is 11.3 Å². The van der Waals surface area contributed by atoms with Crippen LogP contribution in [0.25, 0.3) is 11.1 Å². The Morgan fingerprint density at radius 3 is 2.25 bits per heavy atom. The zero-order valence-electron chi connectivity index (χ0n) is 13.1. The van der Waals surface area contributed by atoms with Crippen molar-refractivity contribution in [2.24, 2.45) is 0 Å². The second-order valence-corrected chi connectivity index (χ2v) is 6.53. The van der Waals surface area contributed by atoms with Crippen molar-refractivity contribution in [3.05, 3.63) is 60.2 Å². The molecule has 122 valence electrons. The molecule has 0 atom stereocenters. The summed E-state index contributed by atoms with van der Waals surface area (Å²) < 4.78 is 0. The fraction of sp³-hybridized carbons (Fsp3) is 0.263. The normalized spacial score (nSPS) is 25.7. The maximum atomic E-state index is 12.5. The van der Waals surface area contributed by atoms with Crippen molar-refractivity contribution < 1.29 is 14.7 Å². The number of carbonyl (C=O) groups excluding carboxylic acids is 2. The van der Waals surface area contributed by atoms with Gasteiger partial charge in [-0.1, -0.05) is 54.6 Å². The lowest BCUT2D eigenvalue weighted by atomic mass is 9.74. The van der Waals surface area contributed by atoms with Gasteiger partial charge in [0.2, 0.25) is 0 Å². The molecule has 0 bridgehead atoms. The van der Waals surface area contributed by atoms with Crippen LogP contribution in [0.5, 0.6) is 0 Å². The molecule has 2 N–H and O–H groups in total. The molecule has 4 rings (SSSR count). The van der Waals surface area contributed by atoms with Crippen molar-refractivity contribution in [1.82, 2.24) is 10.2 Å². The number of aliphatic hydroxyl groups excluding tert-OH is 1. The molecule has 2 fully saturated rings. The lowest BCUT2D eigenvalue weighted by molar-refractivity contribution is -0.139. The smallest absolute Gasteiger partial charge is 0.325 e.